The molecule has 0 radical (unpaired) electrons. The molecule has 3 rings (SSSR count). The van der Waals surface area contributed by atoms with Crippen molar-refractivity contribution in [2.75, 3.05) is 6.54 Å². The Morgan fingerprint density at radius 2 is 2.11 bits per heavy atom. The van der Waals surface area contributed by atoms with E-state index in [0.29, 0.717) is 11.7 Å². The van der Waals surface area contributed by atoms with Crippen LogP contribution >= 0.6 is 11.6 Å². The van der Waals surface area contributed by atoms with Crippen molar-refractivity contribution in [3.8, 4) is 0 Å². The molecule has 0 aliphatic carbocycles. The van der Waals surface area contributed by atoms with Gasteiger partial charge in [0.05, 0.1) is 17.4 Å². The fraction of sp³-hybridized carbons (Fsp3) is 0.231. The molecule has 2 heterocycles. The van der Waals surface area contributed by atoms with Crippen molar-refractivity contribution in [1.82, 2.24) is 14.5 Å². The van der Waals surface area contributed by atoms with Crippen molar-refractivity contribution in [3.63, 3.8) is 0 Å². The molecule has 0 fully saturated rings. The third-order valence-electron chi connectivity index (χ3n) is 3.01. The number of rotatable bonds is 3. The van der Waals surface area contributed by atoms with Gasteiger partial charge in [0.1, 0.15) is 5.52 Å². The molecule has 0 amide bonds. The maximum Gasteiger partial charge on any atom is 0.157 e. The first-order valence-electron chi connectivity index (χ1n) is 5.90. The van der Waals surface area contributed by atoms with Gasteiger partial charge in [-0.05, 0) is 19.0 Å². The minimum atomic E-state index is 0.454. The van der Waals surface area contributed by atoms with Gasteiger partial charge in [0.25, 0.3) is 0 Å². The third kappa shape index (κ3) is 1.74. The summed E-state index contributed by atoms with van der Waals surface area (Å²) in [5, 5.41) is 1.53. The minimum absolute atomic E-state index is 0.454. The van der Waals surface area contributed by atoms with Crippen LogP contribution in [0.4, 0.5) is 0 Å². The quantitative estimate of drug-likeness (QED) is 0.737. The Morgan fingerprint density at radius 1 is 1.28 bits per heavy atom. The summed E-state index contributed by atoms with van der Waals surface area (Å²) in [5.41, 5.74) is 8.25. The Morgan fingerprint density at radius 3 is 2.94 bits per heavy atom. The Kier molecular flexibility index (Phi) is 2.89. The van der Waals surface area contributed by atoms with Gasteiger partial charge in [-0.25, -0.2) is 9.97 Å². The zero-order valence-corrected chi connectivity index (χ0v) is 10.6. The summed E-state index contributed by atoms with van der Waals surface area (Å²) in [4.78, 5) is 8.71. The number of hydrogen-bond donors (Lipinski definition) is 1. The number of nitrogens with zero attached hydrogens (tertiary/aromatic N) is 3. The molecule has 0 bridgehead atoms. The maximum absolute atomic E-state index is 6.17. The Balaban J connectivity index is 2.33. The summed E-state index contributed by atoms with van der Waals surface area (Å²) in [6.45, 7) is 1.51. The van der Waals surface area contributed by atoms with E-state index in [4.69, 9.17) is 17.3 Å². The predicted octanol–water partition coefficient (Wildman–Crippen LogP) is 2.59. The number of fused-ring (bicyclic) bond motifs is 3. The fourth-order valence-electron chi connectivity index (χ4n) is 2.18. The van der Waals surface area contributed by atoms with Crippen LogP contribution < -0.4 is 5.73 Å². The SMILES string of the molecule is NCCCn1cnc2c(Cl)nc3ccccc3c21. The van der Waals surface area contributed by atoms with E-state index < -0.39 is 0 Å². The van der Waals surface area contributed by atoms with E-state index in [0.717, 1.165) is 34.9 Å². The molecular weight excluding hydrogens is 248 g/mol. The van der Waals surface area contributed by atoms with Crippen molar-refractivity contribution in [1.29, 1.82) is 0 Å². The fourth-order valence-corrected chi connectivity index (χ4v) is 2.41. The number of nitrogens with two attached hydrogens (primary N) is 1. The highest BCUT2D eigenvalue weighted by atomic mass is 35.5. The molecule has 0 unspecified atom stereocenters. The van der Waals surface area contributed by atoms with Crippen LogP contribution in [-0.2, 0) is 6.54 Å². The summed E-state index contributed by atoms with van der Waals surface area (Å²) in [6, 6.07) is 7.96. The Labute approximate surface area is 109 Å². The summed E-state index contributed by atoms with van der Waals surface area (Å²) in [7, 11) is 0. The first-order chi connectivity index (χ1) is 8.81. The molecule has 18 heavy (non-hydrogen) atoms. The summed E-state index contributed by atoms with van der Waals surface area (Å²) in [5.74, 6) is 0. The second-order valence-corrected chi connectivity index (χ2v) is 4.56. The van der Waals surface area contributed by atoms with Gasteiger partial charge in [0, 0.05) is 11.9 Å². The number of aryl methyl sites for hydroxylation is 1. The molecule has 0 aliphatic heterocycles. The lowest BCUT2D eigenvalue weighted by molar-refractivity contribution is 0.667. The molecule has 4 nitrogen and oxygen atoms in total. The van der Waals surface area contributed by atoms with Gasteiger partial charge in [0.15, 0.2) is 5.15 Å². The number of hydrogen-bond acceptors (Lipinski definition) is 3. The van der Waals surface area contributed by atoms with E-state index in [1.54, 1.807) is 6.33 Å². The number of pyridine rings is 1. The molecule has 0 saturated carbocycles. The third-order valence-corrected chi connectivity index (χ3v) is 3.28. The van der Waals surface area contributed by atoms with Crippen LogP contribution in [0.5, 0.6) is 0 Å². The lowest BCUT2D eigenvalue weighted by Gasteiger charge is -2.06. The number of imidazole rings is 1. The van der Waals surface area contributed by atoms with E-state index in [2.05, 4.69) is 14.5 Å². The van der Waals surface area contributed by atoms with Crippen LogP contribution in [0.2, 0.25) is 5.15 Å². The largest absolute Gasteiger partial charge is 0.330 e. The van der Waals surface area contributed by atoms with Crippen molar-refractivity contribution >= 4 is 33.5 Å². The number of halogens is 1. The Bertz CT molecular complexity index is 705. The van der Waals surface area contributed by atoms with Gasteiger partial charge >= 0.3 is 0 Å². The van der Waals surface area contributed by atoms with Gasteiger partial charge in [-0.1, -0.05) is 29.8 Å². The monoisotopic (exact) mass is 260 g/mol. The van der Waals surface area contributed by atoms with Crippen LogP contribution in [0, 0.1) is 0 Å². The van der Waals surface area contributed by atoms with Gasteiger partial charge in [-0.2, -0.15) is 0 Å². The first-order valence-corrected chi connectivity index (χ1v) is 6.28. The van der Waals surface area contributed by atoms with Crippen LogP contribution in [-0.4, -0.2) is 21.1 Å². The topological polar surface area (TPSA) is 56.7 Å². The lowest BCUT2D eigenvalue weighted by Crippen LogP contribution is -2.05. The normalized spacial score (nSPS) is 11.4. The predicted molar refractivity (Wildman–Crippen MR) is 73.7 cm³/mol. The minimum Gasteiger partial charge on any atom is -0.330 e. The van der Waals surface area contributed by atoms with Crippen molar-refractivity contribution in [2.24, 2.45) is 5.73 Å². The number of benzene rings is 1. The van der Waals surface area contributed by atoms with Gasteiger partial charge in [-0.15, -0.1) is 0 Å². The first kappa shape index (κ1) is 11.4. The van der Waals surface area contributed by atoms with Crippen LogP contribution in [0.3, 0.4) is 0 Å². The van der Waals surface area contributed by atoms with Gasteiger partial charge < -0.3 is 10.3 Å². The van der Waals surface area contributed by atoms with E-state index >= 15 is 0 Å². The molecule has 0 spiro atoms. The average molecular weight is 261 g/mol. The highest BCUT2D eigenvalue weighted by Crippen LogP contribution is 2.28. The number of para-hydroxylation sites is 1. The molecule has 5 heteroatoms. The van der Waals surface area contributed by atoms with Crippen LogP contribution in [0.15, 0.2) is 30.6 Å². The molecule has 3 aromatic rings. The highest BCUT2D eigenvalue weighted by molar-refractivity contribution is 6.35. The van der Waals surface area contributed by atoms with Gasteiger partial charge in [0.2, 0.25) is 0 Å². The summed E-state index contributed by atoms with van der Waals surface area (Å²) >= 11 is 6.17. The molecule has 0 atom stereocenters. The molecule has 2 aromatic heterocycles. The Hall–Kier alpha value is -1.65. The van der Waals surface area contributed by atoms with Crippen molar-refractivity contribution in [2.45, 2.75) is 13.0 Å². The number of aromatic nitrogens is 3. The standard InChI is InChI=1S/C13H13ClN4/c14-13-11-12(18(8-16-11)7-3-6-15)9-4-1-2-5-10(9)17-13/h1-2,4-5,8H,3,6-7,15H2. The molecule has 92 valence electrons. The highest BCUT2D eigenvalue weighted by Gasteiger charge is 2.11. The van der Waals surface area contributed by atoms with E-state index in [9.17, 15) is 0 Å². The zero-order valence-electron chi connectivity index (χ0n) is 9.81. The van der Waals surface area contributed by atoms with E-state index in [1.807, 2.05) is 24.3 Å². The zero-order chi connectivity index (χ0) is 12.5. The second-order valence-electron chi connectivity index (χ2n) is 4.20. The smallest absolute Gasteiger partial charge is 0.157 e. The maximum atomic E-state index is 6.17. The summed E-state index contributed by atoms with van der Waals surface area (Å²) < 4.78 is 2.10. The van der Waals surface area contributed by atoms with Crippen LogP contribution in [0.1, 0.15) is 6.42 Å². The van der Waals surface area contributed by atoms with Gasteiger partial charge in [-0.3, -0.25) is 0 Å². The summed E-state index contributed by atoms with van der Waals surface area (Å²) in [6.07, 6.45) is 2.72. The molecular formula is C13H13ClN4. The van der Waals surface area contributed by atoms with E-state index in [-0.39, 0.29) is 0 Å². The van der Waals surface area contributed by atoms with Crippen LogP contribution in [0.25, 0.3) is 21.9 Å². The van der Waals surface area contributed by atoms with Crippen molar-refractivity contribution < 1.29 is 0 Å². The lowest BCUT2D eigenvalue weighted by atomic mass is 10.2. The molecule has 2 N–H and O–H groups in total. The molecule has 0 aliphatic rings. The average Bonchev–Trinajstić information content (AvgIpc) is 2.81. The second kappa shape index (κ2) is 4.55. The molecule has 0 saturated heterocycles. The van der Waals surface area contributed by atoms with E-state index in [1.165, 1.54) is 0 Å². The van der Waals surface area contributed by atoms with Crippen molar-refractivity contribution in [3.05, 3.63) is 35.7 Å². The molecule has 1 aromatic carbocycles.